The molecule has 2 amide bonds. The second-order valence-electron chi connectivity index (χ2n) is 7.89. The molecule has 31 heavy (non-hydrogen) atoms. The van der Waals surface area contributed by atoms with Crippen LogP contribution in [0.5, 0.6) is 0 Å². The number of aromatic nitrogens is 2. The number of halogens is 1. The lowest BCUT2D eigenvalue weighted by atomic mass is 9.95. The Morgan fingerprint density at radius 2 is 1.87 bits per heavy atom. The molecule has 1 aromatic heterocycles. The highest BCUT2D eigenvalue weighted by Crippen LogP contribution is 2.21. The van der Waals surface area contributed by atoms with Crippen molar-refractivity contribution in [1.82, 2.24) is 19.8 Å². The van der Waals surface area contributed by atoms with Crippen LogP contribution in [0.2, 0.25) is 0 Å². The standard InChI is InChI=1S/C24H25FN4O2/c1-17(18-6-10-22(11-7-18)29-14-12-26-16-29)27-23(30)20-3-2-13-28(15-20)24(31)19-4-8-21(25)9-5-19/h4-12,14,16-17,20H,2-3,13,15H2,1H3,(H,27,30). The number of likely N-dealkylation sites (tertiary alicyclic amines) is 1. The molecule has 0 saturated carbocycles. The number of carbonyl (C=O) groups excluding carboxylic acids is 2. The molecule has 1 aliphatic heterocycles. The molecular formula is C24H25FN4O2. The Labute approximate surface area is 180 Å². The summed E-state index contributed by atoms with van der Waals surface area (Å²) >= 11 is 0. The van der Waals surface area contributed by atoms with Gasteiger partial charge in [0.15, 0.2) is 0 Å². The van der Waals surface area contributed by atoms with Crippen molar-refractivity contribution in [3.05, 3.63) is 84.2 Å². The molecule has 1 fully saturated rings. The lowest BCUT2D eigenvalue weighted by Crippen LogP contribution is -2.45. The molecule has 7 heteroatoms. The van der Waals surface area contributed by atoms with Crippen LogP contribution in [0, 0.1) is 11.7 Å². The molecule has 160 valence electrons. The van der Waals surface area contributed by atoms with Crippen LogP contribution in [-0.2, 0) is 4.79 Å². The van der Waals surface area contributed by atoms with Crippen LogP contribution in [0.15, 0.2) is 67.3 Å². The Kier molecular flexibility index (Phi) is 6.11. The third kappa shape index (κ3) is 4.82. The number of carbonyl (C=O) groups is 2. The third-order valence-corrected chi connectivity index (χ3v) is 5.72. The van der Waals surface area contributed by atoms with Gasteiger partial charge < -0.3 is 14.8 Å². The van der Waals surface area contributed by atoms with Crippen LogP contribution < -0.4 is 5.32 Å². The quantitative estimate of drug-likeness (QED) is 0.684. The van der Waals surface area contributed by atoms with Crippen molar-refractivity contribution in [1.29, 1.82) is 0 Å². The van der Waals surface area contributed by atoms with Crippen molar-refractivity contribution in [2.75, 3.05) is 13.1 Å². The number of hydrogen-bond acceptors (Lipinski definition) is 3. The topological polar surface area (TPSA) is 67.2 Å². The maximum absolute atomic E-state index is 13.1. The maximum atomic E-state index is 13.1. The fraction of sp³-hybridized carbons (Fsp3) is 0.292. The fourth-order valence-electron chi connectivity index (χ4n) is 3.91. The summed E-state index contributed by atoms with van der Waals surface area (Å²) in [7, 11) is 0. The van der Waals surface area contributed by atoms with Crippen molar-refractivity contribution in [2.24, 2.45) is 5.92 Å². The van der Waals surface area contributed by atoms with Crippen molar-refractivity contribution >= 4 is 11.8 Å². The molecule has 4 rings (SSSR count). The van der Waals surface area contributed by atoms with Crippen LogP contribution in [0.25, 0.3) is 5.69 Å². The Hall–Kier alpha value is -3.48. The Bertz CT molecular complexity index is 1030. The third-order valence-electron chi connectivity index (χ3n) is 5.72. The number of nitrogens with zero attached hydrogens (tertiary/aromatic N) is 3. The molecule has 2 heterocycles. The maximum Gasteiger partial charge on any atom is 0.253 e. The minimum Gasteiger partial charge on any atom is -0.349 e. The molecule has 1 saturated heterocycles. The summed E-state index contributed by atoms with van der Waals surface area (Å²) in [5, 5.41) is 3.08. The number of piperidine rings is 1. The number of nitrogens with one attached hydrogen (secondary N) is 1. The predicted molar refractivity (Wildman–Crippen MR) is 115 cm³/mol. The SMILES string of the molecule is CC(NC(=O)C1CCCN(C(=O)c2ccc(F)cc2)C1)c1ccc(-n2ccnc2)cc1. The van der Waals surface area contributed by atoms with Gasteiger partial charge in [0.2, 0.25) is 5.91 Å². The first-order valence-corrected chi connectivity index (χ1v) is 10.4. The summed E-state index contributed by atoms with van der Waals surface area (Å²) in [5.41, 5.74) is 2.45. The Morgan fingerprint density at radius 1 is 1.13 bits per heavy atom. The molecule has 1 N–H and O–H groups in total. The summed E-state index contributed by atoms with van der Waals surface area (Å²) in [6.07, 6.45) is 6.85. The van der Waals surface area contributed by atoms with Crippen LogP contribution in [0.1, 0.15) is 41.7 Å². The number of rotatable bonds is 5. The fourth-order valence-corrected chi connectivity index (χ4v) is 3.91. The largest absolute Gasteiger partial charge is 0.349 e. The van der Waals surface area contributed by atoms with E-state index in [2.05, 4.69) is 10.3 Å². The van der Waals surface area contributed by atoms with Gasteiger partial charge in [0.25, 0.3) is 5.91 Å². The lowest BCUT2D eigenvalue weighted by molar-refractivity contribution is -0.127. The van der Waals surface area contributed by atoms with Gasteiger partial charge in [-0.05, 0) is 61.7 Å². The van der Waals surface area contributed by atoms with E-state index in [0.717, 1.165) is 24.1 Å². The van der Waals surface area contributed by atoms with E-state index in [9.17, 15) is 14.0 Å². The zero-order valence-corrected chi connectivity index (χ0v) is 17.4. The first-order valence-electron chi connectivity index (χ1n) is 10.4. The minimum absolute atomic E-state index is 0.0530. The van der Waals surface area contributed by atoms with Gasteiger partial charge in [-0.1, -0.05) is 12.1 Å². The summed E-state index contributed by atoms with van der Waals surface area (Å²) in [6, 6.07) is 13.3. The van der Waals surface area contributed by atoms with Crippen molar-refractivity contribution in [3.8, 4) is 5.69 Å². The van der Waals surface area contributed by atoms with Crippen molar-refractivity contribution in [3.63, 3.8) is 0 Å². The second-order valence-corrected chi connectivity index (χ2v) is 7.89. The molecule has 0 spiro atoms. The van der Waals surface area contributed by atoms with Gasteiger partial charge in [0, 0.05) is 36.7 Å². The van der Waals surface area contributed by atoms with Crippen LogP contribution in [0.3, 0.4) is 0 Å². The van der Waals surface area contributed by atoms with Gasteiger partial charge in [-0.2, -0.15) is 0 Å². The molecule has 2 aromatic carbocycles. The van der Waals surface area contributed by atoms with Gasteiger partial charge >= 0.3 is 0 Å². The zero-order valence-electron chi connectivity index (χ0n) is 17.4. The molecular weight excluding hydrogens is 395 g/mol. The monoisotopic (exact) mass is 420 g/mol. The number of benzene rings is 2. The molecule has 0 radical (unpaired) electrons. The average molecular weight is 420 g/mol. The summed E-state index contributed by atoms with van der Waals surface area (Å²) < 4.78 is 15.1. The predicted octanol–water partition coefficient (Wildman–Crippen LogP) is 3.74. The van der Waals surface area contributed by atoms with E-state index in [1.165, 1.54) is 24.3 Å². The Morgan fingerprint density at radius 3 is 2.55 bits per heavy atom. The van der Waals surface area contributed by atoms with Gasteiger partial charge in [0.05, 0.1) is 18.3 Å². The zero-order chi connectivity index (χ0) is 21.8. The van der Waals surface area contributed by atoms with E-state index in [-0.39, 0.29) is 29.6 Å². The van der Waals surface area contributed by atoms with E-state index in [0.29, 0.717) is 18.7 Å². The first-order chi connectivity index (χ1) is 15.0. The molecule has 2 atom stereocenters. The highest BCUT2D eigenvalue weighted by Gasteiger charge is 2.29. The average Bonchev–Trinajstić information content (AvgIpc) is 3.34. The van der Waals surface area contributed by atoms with E-state index in [1.54, 1.807) is 17.4 Å². The van der Waals surface area contributed by atoms with Gasteiger partial charge in [0.1, 0.15) is 5.82 Å². The number of amides is 2. The summed E-state index contributed by atoms with van der Waals surface area (Å²) in [5.74, 6) is -0.853. The van der Waals surface area contributed by atoms with E-state index in [4.69, 9.17) is 0 Å². The van der Waals surface area contributed by atoms with E-state index in [1.807, 2.05) is 42.0 Å². The van der Waals surface area contributed by atoms with Crippen molar-refractivity contribution in [2.45, 2.75) is 25.8 Å². The van der Waals surface area contributed by atoms with E-state index < -0.39 is 0 Å². The summed E-state index contributed by atoms with van der Waals surface area (Å²) in [4.78, 5) is 31.3. The first kappa shape index (κ1) is 20.8. The van der Waals surface area contributed by atoms with Crippen LogP contribution in [-0.4, -0.2) is 39.4 Å². The molecule has 1 aliphatic rings. The molecule has 0 aliphatic carbocycles. The van der Waals surface area contributed by atoms with E-state index >= 15 is 0 Å². The number of hydrogen-bond donors (Lipinski definition) is 1. The van der Waals surface area contributed by atoms with Gasteiger partial charge in [-0.15, -0.1) is 0 Å². The highest BCUT2D eigenvalue weighted by atomic mass is 19.1. The molecule has 3 aromatic rings. The van der Waals surface area contributed by atoms with Gasteiger partial charge in [-0.25, -0.2) is 9.37 Å². The van der Waals surface area contributed by atoms with Gasteiger partial charge in [-0.3, -0.25) is 9.59 Å². The second kappa shape index (κ2) is 9.12. The normalized spacial score (nSPS) is 17.2. The summed E-state index contributed by atoms with van der Waals surface area (Å²) in [6.45, 7) is 2.92. The lowest BCUT2D eigenvalue weighted by Gasteiger charge is -2.32. The Balaban J connectivity index is 1.36. The minimum atomic E-state index is -0.375. The molecule has 6 nitrogen and oxygen atoms in total. The smallest absolute Gasteiger partial charge is 0.253 e. The van der Waals surface area contributed by atoms with Crippen LogP contribution >= 0.6 is 0 Å². The van der Waals surface area contributed by atoms with Crippen molar-refractivity contribution < 1.29 is 14.0 Å². The molecule has 0 bridgehead atoms. The highest BCUT2D eigenvalue weighted by molar-refractivity contribution is 5.94. The van der Waals surface area contributed by atoms with Crippen LogP contribution in [0.4, 0.5) is 4.39 Å². The molecule has 2 unspecified atom stereocenters. The number of imidazole rings is 1.